The molecule has 0 bridgehead atoms. The van der Waals surface area contributed by atoms with Crippen LogP contribution in [0.15, 0.2) is 91.0 Å². The Kier molecular flexibility index (Phi) is 26.0. The third-order valence-electron chi connectivity index (χ3n) is 17.3. The van der Waals surface area contributed by atoms with Gasteiger partial charge in [0.1, 0.15) is 46.3 Å². The van der Waals surface area contributed by atoms with Gasteiger partial charge in [-0.15, -0.1) is 14.5 Å². The molecule has 508 valence electrons. The molecular formula is C62H71ClN11NaO19S2. The van der Waals surface area contributed by atoms with Crippen LogP contribution in [0.3, 0.4) is 0 Å². The van der Waals surface area contributed by atoms with Crippen molar-refractivity contribution in [3.63, 3.8) is 0 Å². The normalized spacial score (nSPS) is 25.5. The first-order chi connectivity index (χ1) is 45.4. The number of aromatic hydroxyl groups is 1. The van der Waals surface area contributed by atoms with E-state index in [1.54, 1.807) is 19.2 Å². The molecule has 4 aromatic carbocycles. The van der Waals surface area contributed by atoms with Crippen molar-refractivity contribution >= 4 is 82.3 Å². The van der Waals surface area contributed by atoms with Crippen LogP contribution in [0.5, 0.6) is 11.5 Å². The molecule has 34 heteroatoms. The summed E-state index contributed by atoms with van der Waals surface area (Å²) in [5.41, 5.74) is 3.19. The SMILES string of the molecule is [C-]#[N+]C[C@@H](O)[C@@H]1NC(=O)C([C@H](O)Cc2ccc(O)c(OSOO[O-])c2)NC(=O)C2CC(O)CN2C(=O)C(C(C)O)NC(=O)[C@@H](NC(=O)c2ccc(-c3nnc(-c4ccc(N5CCC(OC)(c6ccc(Cl)cc6)CC5)cc4)s3)cc2)C[C@H](O)CNC(=O)C2[C@@H](O)C(C)CN2C1=O.[Na+]. The number of carbonyl (C=O) groups excluding carboxylic acids is 7. The minimum atomic E-state index is -2.16. The zero-order valence-electron chi connectivity index (χ0n) is 52.4. The Balaban J connectivity index is 0.0000118. The predicted octanol–water partition coefficient (Wildman–Crippen LogP) is -3.59. The number of anilines is 1. The molecule has 12 N–H and O–H groups in total. The van der Waals surface area contributed by atoms with Crippen LogP contribution in [0.2, 0.25) is 5.02 Å². The fraction of sp³-hybridized carbons (Fsp3) is 0.452. The van der Waals surface area contributed by atoms with Crippen LogP contribution in [0.1, 0.15) is 61.0 Å². The average molecular weight is 1400 g/mol. The summed E-state index contributed by atoms with van der Waals surface area (Å²) in [6.07, 6.45) is -10.9. The number of phenolic OH excluding ortho intramolecular Hbond substituents is 1. The number of carbonyl (C=O) groups is 7. The van der Waals surface area contributed by atoms with Crippen molar-refractivity contribution in [3.05, 3.63) is 124 Å². The molecule has 4 aliphatic heterocycles. The van der Waals surface area contributed by atoms with Crippen LogP contribution in [-0.2, 0) is 54.9 Å². The smallest absolute Gasteiger partial charge is 0.691 e. The molecular weight excluding hydrogens is 1330 g/mol. The van der Waals surface area contributed by atoms with Crippen molar-refractivity contribution < 1.29 is 122 Å². The number of methoxy groups -OCH3 is 1. The molecule has 9 rings (SSSR count). The van der Waals surface area contributed by atoms with Gasteiger partial charge in [-0.1, -0.05) is 60.2 Å². The van der Waals surface area contributed by atoms with E-state index in [-0.39, 0.29) is 65.3 Å². The number of β-amino-alcohol motifs (C(OH)–C–C–N with tert-alkyl or cyclic N) is 1. The van der Waals surface area contributed by atoms with Crippen molar-refractivity contribution in [3.8, 4) is 32.6 Å². The van der Waals surface area contributed by atoms with Crippen LogP contribution >= 0.6 is 35.3 Å². The standard InChI is InChI=1S/C62H72ClN11O19S2.Na/c1-31-29-74-51(52(31)81)57(86)65-27-40(76)25-42(66-53(82)34-6-8-35(9-7-34)58-70-71-59(94-58)36-10-16-39(17-11-36)72-21-19-62(90-4,20-22-72)37-12-14-38(63)15-13-37)54(83)67-48(32(2)75)60(87)73-30-41(77)26-43(73)55(84)68-49(56(85)69-50(61(74)88)46(80)28-64-3)45(79)23-33-5-18-44(78)47(24-33)91-95-93-92-89;/h5-18,24,31-32,40-43,45-46,48-52,75-81,89H,19-23,25-30H2,1-2,4H3,(H,65,86)(H,66,82)(H,67,83)(H,68,84)(H,69,85);/q;+1/p-1/t31?,32?,40-,41?,42-,43?,45+,46+,48?,49?,50-,51?,52-;/m0./s1. The molecule has 4 fully saturated rings. The van der Waals surface area contributed by atoms with Crippen LogP contribution in [0, 0.1) is 12.5 Å². The summed E-state index contributed by atoms with van der Waals surface area (Å²) in [4.78, 5) is 108. The van der Waals surface area contributed by atoms with Crippen LogP contribution < -0.4 is 70.5 Å². The van der Waals surface area contributed by atoms with E-state index in [2.05, 4.69) is 55.9 Å². The number of benzene rings is 4. The molecule has 0 aliphatic carbocycles. The van der Waals surface area contributed by atoms with E-state index in [0.717, 1.165) is 71.6 Å². The van der Waals surface area contributed by atoms with Gasteiger partial charge in [0.25, 0.3) is 18.2 Å². The second kappa shape index (κ2) is 33.4. The maximum Gasteiger partial charge on any atom is 1.00 e. The van der Waals surface area contributed by atoms with Gasteiger partial charge in [0.05, 0.1) is 36.1 Å². The van der Waals surface area contributed by atoms with Gasteiger partial charge in [0, 0.05) is 92.4 Å². The Morgan fingerprint density at radius 2 is 1.44 bits per heavy atom. The Morgan fingerprint density at radius 1 is 0.812 bits per heavy atom. The number of hydrogen-bond donors (Lipinski definition) is 12. The molecule has 13 atom stereocenters. The molecule has 96 heavy (non-hydrogen) atoms. The molecule has 0 spiro atoms. The number of amides is 7. The third-order valence-corrected chi connectivity index (χ3v) is 18.9. The van der Waals surface area contributed by atoms with Gasteiger partial charge in [-0.25, -0.2) is 6.57 Å². The average Bonchev–Trinajstić information content (AvgIpc) is 1.32. The molecule has 4 aliphatic rings. The number of aliphatic hydroxyl groups is 6. The molecule has 5 heterocycles. The van der Waals surface area contributed by atoms with Gasteiger partial charge in [0.2, 0.25) is 42.0 Å². The Morgan fingerprint density at radius 3 is 2.06 bits per heavy atom. The number of halogens is 1. The Labute approximate surface area is 586 Å². The summed E-state index contributed by atoms with van der Waals surface area (Å²) in [6.45, 7) is 9.12. The zero-order valence-corrected chi connectivity index (χ0v) is 56.7. The summed E-state index contributed by atoms with van der Waals surface area (Å²) >= 11 is 7.47. The van der Waals surface area contributed by atoms with Crippen LogP contribution in [-0.4, -0.2) is 216 Å². The number of piperidine rings is 1. The second-order valence-electron chi connectivity index (χ2n) is 23.7. The fourth-order valence-corrected chi connectivity index (χ4v) is 13.3. The first-order valence-electron chi connectivity index (χ1n) is 30.2. The Bertz CT molecular complexity index is 3610. The molecule has 4 saturated heterocycles. The first kappa shape index (κ1) is 74.6. The van der Waals surface area contributed by atoms with Crippen LogP contribution in [0.25, 0.3) is 26.0 Å². The predicted molar refractivity (Wildman–Crippen MR) is 337 cm³/mol. The van der Waals surface area contributed by atoms with Gasteiger partial charge in [0.15, 0.2) is 17.6 Å². The van der Waals surface area contributed by atoms with Crippen molar-refractivity contribution in [2.45, 2.75) is 124 Å². The maximum atomic E-state index is 14.7. The molecule has 30 nitrogen and oxygen atoms in total. The number of ether oxygens (including phenoxy) is 1. The van der Waals surface area contributed by atoms with Gasteiger partial charge in [-0.3, -0.25) is 38.6 Å². The van der Waals surface area contributed by atoms with E-state index in [4.69, 9.17) is 27.1 Å². The number of phenols is 1. The van der Waals surface area contributed by atoms with E-state index < -0.39 is 170 Å². The summed E-state index contributed by atoms with van der Waals surface area (Å²) in [6, 6.07) is 13.8. The fourth-order valence-electron chi connectivity index (χ4n) is 12.1. The number of nitrogens with one attached hydrogen (secondary N) is 5. The number of rotatable bonds is 17. The molecule has 1 aromatic heterocycles. The van der Waals surface area contributed by atoms with Gasteiger partial charge >= 0.3 is 29.6 Å². The zero-order chi connectivity index (χ0) is 68.4. The van der Waals surface area contributed by atoms with Crippen molar-refractivity contribution in [2.24, 2.45) is 5.92 Å². The van der Waals surface area contributed by atoms with Gasteiger partial charge < -0.3 is 96.1 Å². The summed E-state index contributed by atoms with van der Waals surface area (Å²) < 4.78 is 15.2. The maximum absolute atomic E-state index is 14.7. The molecule has 7 amide bonds. The third kappa shape index (κ3) is 17.6. The minimum absolute atomic E-state index is 0. The quantitative estimate of drug-likeness (QED) is 0.0107. The number of fused-ring (bicyclic) bond motifs is 2. The first-order valence-corrected chi connectivity index (χ1v) is 32.0. The molecule has 5 aromatic rings. The van der Waals surface area contributed by atoms with E-state index in [1.165, 1.54) is 36.5 Å². The van der Waals surface area contributed by atoms with E-state index in [0.29, 0.717) is 20.6 Å². The van der Waals surface area contributed by atoms with E-state index >= 15 is 0 Å². The minimum Gasteiger partial charge on any atom is -0.691 e. The molecule has 0 saturated carbocycles. The number of hydrogen-bond acceptors (Lipinski definition) is 24. The van der Waals surface area contributed by atoms with Crippen LogP contribution in [0.4, 0.5) is 5.69 Å². The van der Waals surface area contributed by atoms with E-state index in [1.807, 2.05) is 48.5 Å². The van der Waals surface area contributed by atoms with E-state index in [9.17, 15) is 74.6 Å². The Hall–Kier alpha value is -7.14. The number of aliphatic hydroxyl groups excluding tert-OH is 6. The topological polar surface area (TPSA) is 421 Å². The molecule has 7 unspecified atom stereocenters. The van der Waals surface area contributed by atoms with Crippen molar-refractivity contribution in [2.75, 3.05) is 51.3 Å². The monoisotopic (exact) mass is 1400 g/mol. The van der Waals surface area contributed by atoms with Crippen molar-refractivity contribution in [1.82, 2.24) is 46.6 Å². The van der Waals surface area contributed by atoms with Gasteiger partial charge in [-0.05, 0) is 91.6 Å². The summed E-state index contributed by atoms with van der Waals surface area (Å²) in [7, 11) is 1.73. The van der Waals surface area contributed by atoms with Crippen molar-refractivity contribution in [1.29, 1.82) is 0 Å². The second-order valence-corrected chi connectivity index (χ2v) is 25.5. The number of nitrogens with zero attached hydrogens (tertiary/aromatic N) is 6. The summed E-state index contributed by atoms with van der Waals surface area (Å²) in [5.74, 6) is -9.75. The largest absolute Gasteiger partial charge is 1.00 e. The van der Waals surface area contributed by atoms with Gasteiger partial charge in [-0.2, -0.15) is 0 Å². The molecule has 0 radical (unpaired) electrons. The summed E-state index contributed by atoms with van der Waals surface area (Å²) in [5, 5.41) is 115. The number of aromatic nitrogens is 2.